The van der Waals surface area contributed by atoms with Crippen molar-refractivity contribution in [1.82, 2.24) is 10.6 Å². The largest absolute Gasteiger partial charge is 0.383 e. The molecule has 0 radical (unpaired) electrons. The van der Waals surface area contributed by atoms with Crippen molar-refractivity contribution in [3.63, 3.8) is 0 Å². The second kappa shape index (κ2) is 9.93. The van der Waals surface area contributed by atoms with Crippen LogP contribution in [0.15, 0.2) is 0 Å². The summed E-state index contributed by atoms with van der Waals surface area (Å²) in [6.45, 7) is 6.83. The van der Waals surface area contributed by atoms with Crippen LogP contribution in [-0.2, 0) is 9.53 Å². The summed E-state index contributed by atoms with van der Waals surface area (Å²) in [7, 11) is 1.62. The fourth-order valence-electron chi connectivity index (χ4n) is 1.38. The van der Waals surface area contributed by atoms with E-state index in [-0.39, 0.29) is 5.91 Å². The van der Waals surface area contributed by atoms with E-state index in [1.807, 2.05) is 0 Å². The Balaban J connectivity index is 3.30. The van der Waals surface area contributed by atoms with Gasteiger partial charge in [0.1, 0.15) is 0 Å². The van der Waals surface area contributed by atoms with Gasteiger partial charge in [0.25, 0.3) is 0 Å². The maximum absolute atomic E-state index is 11.2. The summed E-state index contributed by atoms with van der Waals surface area (Å²) in [5, 5.41) is 5.91. The van der Waals surface area contributed by atoms with E-state index in [0.29, 0.717) is 25.6 Å². The Morgan fingerprint density at radius 1 is 1.47 bits per heavy atom. The first kappa shape index (κ1) is 14.4. The SMILES string of the molecule is CCCC(C)CNCC(=O)NCCOC. The average molecular weight is 216 g/mol. The molecule has 1 unspecified atom stereocenters. The molecule has 0 saturated carbocycles. The topological polar surface area (TPSA) is 50.4 Å². The van der Waals surface area contributed by atoms with Gasteiger partial charge in [-0.2, -0.15) is 0 Å². The Morgan fingerprint density at radius 3 is 2.80 bits per heavy atom. The zero-order valence-electron chi connectivity index (χ0n) is 10.1. The predicted octanol–water partition coefficient (Wildman–Crippen LogP) is 0.775. The average Bonchev–Trinajstić information content (AvgIpc) is 2.18. The first-order valence-electron chi connectivity index (χ1n) is 5.67. The smallest absolute Gasteiger partial charge is 0.234 e. The van der Waals surface area contributed by atoms with Crippen LogP contribution in [0.1, 0.15) is 26.7 Å². The van der Waals surface area contributed by atoms with Gasteiger partial charge in [0.05, 0.1) is 13.2 Å². The summed E-state index contributed by atoms with van der Waals surface area (Å²) in [5.41, 5.74) is 0. The van der Waals surface area contributed by atoms with Crippen LogP contribution in [0.2, 0.25) is 0 Å². The number of rotatable bonds is 9. The van der Waals surface area contributed by atoms with Gasteiger partial charge in [-0.1, -0.05) is 20.3 Å². The van der Waals surface area contributed by atoms with Crippen molar-refractivity contribution in [1.29, 1.82) is 0 Å². The lowest BCUT2D eigenvalue weighted by Gasteiger charge is -2.11. The first-order chi connectivity index (χ1) is 7.20. The van der Waals surface area contributed by atoms with Crippen LogP contribution in [0.4, 0.5) is 0 Å². The van der Waals surface area contributed by atoms with Crippen LogP contribution in [0, 0.1) is 5.92 Å². The van der Waals surface area contributed by atoms with Gasteiger partial charge in [-0.25, -0.2) is 0 Å². The molecule has 90 valence electrons. The van der Waals surface area contributed by atoms with Crippen molar-refractivity contribution < 1.29 is 9.53 Å². The summed E-state index contributed by atoms with van der Waals surface area (Å²) < 4.78 is 4.83. The van der Waals surface area contributed by atoms with Crippen molar-refractivity contribution in [2.45, 2.75) is 26.7 Å². The lowest BCUT2D eigenvalue weighted by atomic mass is 10.1. The van der Waals surface area contributed by atoms with Crippen LogP contribution in [0.3, 0.4) is 0 Å². The van der Waals surface area contributed by atoms with E-state index in [0.717, 1.165) is 6.54 Å². The molecule has 4 heteroatoms. The summed E-state index contributed by atoms with van der Waals surface area (Å²) in [6, 6.07) is 0. The molecule has 4 nitrogen and oxygen atoms in total. The number of hydrogen-bond acceptors (Lipinski definition) is 3. The van der Waals surface area contributed by atoms with Gasteiger partial charge in [-0.3, -0.25) is 4.79 Å². The van der Waals surface area contributed by atoms with E-state index >= 15 is 0 Å². The van der Waals surface area contributed by atoms with Gasteiger partial charge >= 0.3 is 0 Å². The molecule has 0 fully saturated rings. The molecular formula is C11H24N2O2. The van der Waals surface area contributed by atoms with Crippen LogP contribution < -0.4 is 10.6 Å². The number of ether oxygens (including phenoxy) is 1. The molecule has 15 heavy (non-hydrogen) atoms. The fraction of sp³-hybridized carbons (Fsp3) is 0.909. The molecule has 0 aromatic heterocycles. The van der Waals surface area contributed by atoms with Gasteiger partial charge in [0.15, 0.2) is 0 Å². The molecule has 0 aromatic carbocycles. The molecule has 0 aliphatic rings. The Bertz CT molecular complexity index is 163. The highest BCUT2D eigenvalue weighted by Crippen LogP contribution is 2.01. The van der Waals surface area contributed by atoms with Gasteiger partial charge < -0.3 is 15.4 Å². The number of amides is 1. The van der Waals surface area contributed by atoms with Crippen molar-refractivity contribution >= 4 is 5.91 Å². The third kappa shape index (κ3) is 9.69. The van der Waals surface area contributed by atoms with E-state index < -0.39 is 0 Å². The highest BCUT2D eigenvalue weighted by Gasteiger charge is 2.02. The first-order valence-corrected chi connectivity index (χ1v) is 5.67. The van der Waals surface area contributed by atoms with Gasteiger partial charge in [0.2, 0.25) is 5.91 Å². The Hall–Kier alpha value is -0.610. The van der Waals surface area contributed by atoms with E-state index in [1.54, 1.807) is 7.11 Å². The normalized spacial score (nSPS) is 12.5. The van der Waals surface area contributed by atoms with Gasteiger partial charge in [0, 0.05) is 13.7 Å². The quantitative estimate of drug-likeness (QED) is 0.560. The maximum atomic E-state index is 11.2. The third-order valence-corrected chi connectivity index (χ3v) is 2.19. The minimum atomic E-state index is 0.0377. The van der Waals surface area contributed by atoms with Crippen molar-refractivity contribution in [3.8, 4) is 0 Å². The summed E-state index contributed by atoms with van der Waals surface area (Å²) in [4.78, 5) is 11.2. The van der Waals surface area contributed by atoms with Crippen LogP contribution in [-0.4, -0.2) is 39.3 Å². The van der Waals surface area contributed by atoms with Crippen LogP contribution in [0.5, 0.6) is 0 Å². The Labute approximate surface area is 92.8 Å². The highest BCUT2D eigenvalue weighted by molar-refractivity contribution is 5.77. The fourth-order valence-corrected chi connectivity index (χ4v) is 1.38. The molecule has 2 N–H and O–H groups in total. The zero-order chi connectivity index (χ0) is 11.5. The maximum Gasteiger partial charge on any atom is 0.234 e. The van der Waals surface area contributed by atoms with E-state index in [9.17, 15) is 4.79 Å². The number of nitrogens with one attached hydrogen (secondary N) is 2. The predicted molar refractivity (Wildman–Crippen MR) is 61.8 cm³/mol. The van der Waals surface area contributed by atoms with E-state index in [4.69, 9.17) is 4.74 Å². The molecule has 0 spiro atoms. The van der Waals surface area contributed by atoms with E-state index in [2.05, 4.69) is 24.5 Å². The molecule has 0 aliphatic heterocycles. The van der Waals surface area contributed by atoms with Crippen molar-refractivity contribution in [3.05, 3.63) is 0 Å². The van der Waals surface area contributed by atoms with Gasteiger partial charge in [-0.15, -0.1) is 0 Å². The van der Waals surface area contributed by atoms with Crippen molar-refractivity contribution in [2.24, 2.45) is 5.92 Å². The molecule has 0 aliphatic carbocycles. The van der Waals surface area contributed by atoms with E-state index in [1.165, 1.54) is 12.8 Å². The molecular weight excluding hydrogens is 192 g/mol. The molecule has 0 saturated heterocycles. The summed E-state index contributed by atoms with van der Waals surface area (Å²) in [6.07, 6.45) is 2.40. The number of carbonyl (C=O) groups is 1. The summed E-state index contributed by atoms with van der Waals surface area (Å²) in [5.74, 6) is 0.678. The zero-order valence-corrected chi connectivity index (χ0v) is 10.1. The molecule has 1 amide bonds. The second-order valence-electron chi connectivity index (χ2n) is 3.87. The molecule has 0 bridgehead atoms. The second-order valence-corrected chi connectivity index (χ2v) is 3.87. The minimum absolute atomic E-state index is 0.0377. The van der Waals surface area contributed by atoms with Crippen LogP contribution in [0.25, 0.3) is 0 Å². The number of carbonyl (C=O) groups excluding carboxylic acids is 1. The van der Waals surface area contributed by atoms with Crippen molar-refractivity contribution in [2.75, 3.05) is 33.4 Å². The Morgan fingerprint density at radius 2 is 2.20 bits per heavy atom. The Kier molecular flexibility index (Phi) is 9.52. The molecule has 0 rings (SSSR count). The number of hydrogen-bond donors (Lipinski definition) is 2. The number of methoxy groups -OCH3 is 1. The molecule has 1 atom stereocenters. The van der Waals surface area contributed by atoms with Crippen LogP contribution >= 0.6 is 0 Å². The lowest BCUT2D eigenvalue weighted by Crippen LogP contribution is -2.37. The molecule has 0 aromatic rings. The monoisotopic (exact) mass is 216 g/mol. The standard InChI is InChI=1S/C11H24N2O2/c1-4-5-10(2)8-12-9-11(14)13-6-7-15-3/h10,12H,4-9H2,1-3H3,(H,13,14). The minimum Gasteiger partial charge on any atom is -0.383 e. The third-order valence-electron chi connectivity index (χ3n) is 2.19. The highest BCUT2D eigenvalue weighted by atomic mass is 16.5. The lowest BCUT2D eigenvalue weighted by molar-refractivity contribution is -0.120. The summed E-state index contributed by atoms with van der Waals surface area (Å²) >= 11 is 0. The molecule has 0 heterocycles. The van der Waals surface area contributed by atoms with Gasteiger partial charge in [-0.05, 0) is 18.9 Å².